The van der Waals surface area contributed by atoms with Gasteiger partial charge in [0.1, 0.15) is 0 Å². The second-order valence-corrected chi connectivity index (χ2v) is 5.07. The van der Waals surface area contributed by atoms with Gasteiger partial charge in [-0.1, -0.05) is 48.0 Å². The molecule has 0 atom stereocenters. The molecular formula is C18H14O2. The van der Waals surface area contributed by atoms with Crippen molar-refractivity contribution < 1.29 is 9.59 Å². The molecule has 0 bridgehead atoms. The highest BCUT2D eigenvalue weighted by Gasteiger charge is 2.30. The second kappa shape index (κ2) is 4.57. The van der Waals surface area contributed by atoms with E-state index in [-0.39, 0.29) is 11.6 Å². The first kappa shape index (κ1) is 12.5. The maximum atomic E-state index is 12.7. The van der Waals surface area contributed by atoms with Crippen LogP contribution in [0.5, 0.6) is 0 Å². The first-order chi connectivity index (χ1) is 9.59. The fourth-order valence-corrected chi connectivity index (χ4v) is 2.62. The molecule has 0 unspecified atom stereocenters. The zero-order valence-electron chi connectivity index (χ0n) is 11.4. The van der Waals surface area contributed by atoms with E-state index >= 15 is 0 Å². The standard InChI is InChI=1S/C18H14O2/c1-11-8-9-14-15(10-11)17(19)12(2)16(18(14)20)13-6-4-3-5-7-13/h3-10H,1-2H3. The molecule has 0 heterocycles. The number of allylic oxidation sites excluding steroid dienone is 2. The topological polar surface area (TPSA) is 34.1 Å². The summed E-state index contributed by atoms with van der Waals surface area (Å²) >= 11 is 0. The summed E-state index contributed by atoms with van der Waals surface area (Å²) in [4.78, 5) is 25.2. The molecule has 2 heteroatoms. The van der Waals surface area contributed by atoms with Gasteiger partial charge in [-0.15, -0.1) is 0 Å². The molecule has 2 aromatic rings. The Bertz CT molecular complexity index is 752. The number of rotatable bonds is 1. The summed E-state index contributed by atoms with van der Waals surface area (Å²) in [6.07, 6.45) is 0. The number of Topliss-reactive ketones (excluding diaryl/α,β-unsaturated/α-hetero) is 2. The van der Waals surface area contributed by atoms with Crippen molar-refractivity contribution in [3.8, 4) is 0 Å². The summed E-state index contributed by atoms with van der Waals surface area (Å²) in [6, 6.07) is 14.8. The minimum absolute atomic E-state index is 0.0536. The maximum absolute atomic E-state index is 12.7. The van der Waals surface area contributed by atoms with Crippen LogP contribution >= 0.6 is 0 Å². The van der Waals surface area contributed by atoms with Gasteiger partial charge in [-0.25, -0.2) is 0 Å². The Labute approximate surface area is 117 Å². The van der Waals surface area contributed by atoms with Gasteiger partial charge in [0.15, 0.2) is 11.6 Å². The molecule has 2 aromatic carbocycles. The van der Waals surface area contributed by atoms with Crippen molar-refractivity contribution >= 4 is 17.1 Å². The average Bonchev–Trinajstić information content (AvgIpc) is 2.46. The lowest BCUT2D eigenvalue weighted by Crippen LogP contribution is -2.20. The molecule has 20 heavy (non-hydrogen) atoms. The summed E-state index contributed by atoms with van der Waals surface area (Å²) in [5.74, 6) is -0.120. The lowest BCUT2D eigenvalue weighted by molar-refractivity contribution is 0.0992. The third-order valence-corrected chi connectivity index (χ3v) is 3.67. The van der Waals surface area contributed by atoms with E-state index in [1.165, 1.54) is 0 Å². The predicted molar refractivity (Wildman–Crippen MR) is 78.9 cm³/mol. The summed E-state index contributed by atoms with van der Waals surface area (Å²) in [5.41, 5.74) is 3.86. The second-order valence-electron chi connectivity index (χ2n) is 5.07. The Kier molecular flexibility index (Phi) is 2.87. The number of fused-ring (bicyclic) bond motifs is 1. The monoisotopic (exact) mass is 262 g/mol. The van der Waals surface area contributed by atoms with Crippen LogP contribution in [0.3, 0.4) is 0 Å². The average molecular weight is 262 g/mol. The van der Waals surface area contributed by atoms with Gasteiger partial charge < -0.3 is 0 Å². The largest absolute Gasteiger partial charge is 0.289 e. The van der Waals surface area contributed by atoms with Gasteiger partial charge in [0.25, 0.3) is 0 Å². The van der Waals surface area contributed by atoms with Gasteiger partial charge in [-0.2, -0.15) is 0 Å². The Hall–Kier alpha value is -2.48. The molecule has 0 saturated heterocycles. The first-order valence-corrected chi connectivity index (χ1v) is 6.56. The van der Waals surface area contributed by atoms with Crippen LogP contribution in [-0.2, 0) is 0 Å². The molecule has 0 fully saturated rings. The summed E-state index contributed by atoms with van der Waals surface area (Å²) in [6.45, 7) is 3.65. The maximum Gasteiger partial charge on any atom is 0.194 e. The van der Waals surface area contributed by atoms with Crippen LogP contribution in [0.1, 0.15) is 38.8 Å². The fourth-order valence-electron chi connectivity index (χ4n) is 2.62. The van der Waals surface area contributed by atoms with Crippen LogP contribution < -0.4 is 0 Å². The lowest BCUT2D eigenvalue weighted by Gasteiger charge is -2.19. The van der Waals surface area contributed by atoms with Gasteiger partial charge in [-0.3, -0.25) is 9.59 Å². The molecule has 0 aromatic heterocycles. The van der Waals surface area contributed by atoms with Crippen molar-refractivity contribution in [2.24, 2.45) is 0 Å². The van der Waals surface area contributed by atoms with Gasteiger partial charge in [0.05, 0.1) is 0 Å². The number of aryl methyl sites for hydroxylation is 1. The van der Waals surface area contributed by atoms with Crippen molar-refractivity contribution in [2.75, 3.05) is 0 Å². The number of carbonyl (C=O) groups is 2. The molecule has 0 radical (unpaired) electrons. The van der Waals surface area contributed by atoms with Crippen molar-refractivity contribution in [1.82, 2.24) is 0 Å². The molecule has 98 valence electrons. The van der Waals surface area contributed by atoms with Gasteiger partial charge in [0, 0.05) is 22.3 Å². The number of hydrogen-bond acceptors (Lipinski definition) is 2. The van der Waals surface area contributed by atoms with E-state index in [2.05, 4.69) is 0 Å². The fraction of sp³-hybridized carbons (Fsp3) is 0.111. The Balaban J connectivity index is 2.24. The van der Waals surface area contributed by atoms with Gasteiger partial charge in [0.2, 0.25) is 0 Å². The van der Waals surface area contributed by atoms with E-state index in [4.69, 9.17) is 0 Å². The van der Waals surface area contributed by atoms with Crippen LogP contribution in [-0.4, -0.2) is 11.6 Å². The highest BCUT2D eigenvalue weighted by molar-refractivity contribution is 6.40. The highest BCUT2D eigenvalue weighted by atomic mass is 16.1. The molecule has 3 rings (SSSR count). The smallest absolute Gasteiger partial charge is 0.194 e. The van der Waals surface area contributed by atoms with Crippen LogP contribution in [0, 0.1) is 6.92 Å². The number of carbonyl (C=O) groups excluding carboxylic acids is 2. The Morgan fingerprint density at radius 3 is 2.15 bits per heavy atom. The molecule has 0 saturated carbocycles. The van der Waals surface area contributed by atoms with Crippen LogP contribution in [0.15, 0.2) is 54.1 Å². The molecule has 1 aliphatic carbocycles. The Morgan fingerprint density at radius 1 is 0.750 bits per heavy atom. The van der Waals surface area contributed by atoms with Crippen molar-refractivity contribution in [3.63, 3.8) is 0 Å². The Morgan fingerprint density at radius 2 is 1.45 bits per heavy atom. The normalized spacial score (nSPS) is 14.5. The highest BCUT2D eigenvalue weighted by Crippen LogP contribution is 2.32. The zero-order valence-corrected chi connectivity index (χ0v) is 11.4. The quantitative estimate of drug-likeness (QED) is 0.782. The van der Waals surface area contributed by atoms with Crippen molar-refractivity contribution in [1.29, 1.82) is 0 Å². The van der Waals surface area contributed by atoms with E-state index in [0.717, 1.165) is 11.1 Å². The van der Waals surface area contributed by atoms with E-state index in [1.54, 1.807) is 19.1 Å². The van der Waals surface area contributed by atoms with E-state index in [9.17, 15) is 9.59 Å². The number of hydrogen-bond donors (Lipinski definition) is 0. The van der Waals surface area contributed by atoms with E-state index in [1.807, 2.05) is 43.3 Å². The van der Waals surface area contributed by atoms with Gasteiger partial charge in [-0.05, 0) is 25.5 Å². The summed E-state index contributed by atoms with van der Waals surface area (Å²) in [7, 11) is 0. The van der Waals surface area contributed by atoms with Crippen LogP contribution in [0.2, 0.25) is 0 Å². The van der Waals surface area contributed by atoms with Crippen LogP contribution in [0.25, 0.3) is 5.57 Å². The molecular weight excluding hydrogens is 248 g/mol. The molecule has 2 nitrogen and oxygen atoms in total. The molecule has 0 spiro atoms. The first-order valence-electron chi connectivity index (χ1n) is 6.56. The van der Waals surface area contributed by atoms with Gasteiger partial charge >= 0.3 is 0 Å². The number of ketones is 2. The third kappa shape index (κ3) is 1.81. The minimum atomic E-state index is -0.0664. The molecule has 0 N–H and O–H groups in total. The summed E-state index contributed by atoms with van der Waals surface area (Å²) < 4.78 is 0. The molecule has 0 aliphatic heterocycles. The predicted octanol–water partition coefficient (Wildman–Crippen LogP) is 3.85. The molecule has 1 aliphatic rings. The van der Waals surface area contributed by atoms with Crippen molar-refractivity contribution in [3.05, 3.63) is 76.4 Å². The third-order valence-electron chi connectivity index (χ3n) is 3.67. The molecule has 0 amide bonds. The van der Waals surface area contributed by atoms with E-state index in [0.29, 0.717) is 22.3 Å². The SMILES string of the molecule is CC1=C(c2ccccc2)C(=O)c2ccc(C)cc2C1=O. The summed E-state index contributed by atoms with van der Waals surface area (Å²) in [5, 5.41) is 0. The van der Waals surface area contributed by atoms with E-state index < -0.39 is 0 Å². The van der Waals surface area contributed by atoms with Crippen LogP contribution in [0.4, 0.5) is 0 Å². The van der Waals surface area contributed by atoms with Crippen molar-refractivity contribution in [2.45, 2.75) is 13.8 Å². The number of benzene rings is 2. The zero-order chi connectivity index (χ0) is 14.3. The minimum Gasteiger partial charge on any atom is -0.289 e. The lowest BCUT2D eigenvalue weighted by atomic mass is 9.81.